The predicted octanol–water partition coefficient (Wildman–Crippen LogP) is 2.92. The van der Waals surface area contributed by atoms with Gasteiger partial charge < -0.3 is 18.9 Å². The molecule has 1 aromatic heterocycles. The van der Waals surface area contributed by atoms with Crippen molar-refractivity contribution in [3.63, 3.8) is 0 Å². The number of carbonyl (C=O) groups excluding carboxylic acids is 1. The summed E-state index contributed by atoms with van der Waals surface area (Å²) < 4.78 is 15.9. The summed E-state index contributed by atoms with van der Waals surface area (Å²) in [5.74, 6) is 0.547. The Morgan fingerprint density at radius 3 is 2.96 bits per heavy atom. The summed E-state index contributed by atoms with van der Waals surface area (Å²) in [6.07, 6.45) is 1.68. The fourth-order valence-corrected chi connectivity index (χ4v) is 2.79. The number of nitrogens with zero attached hydrogens (tertiary/aromatic N) is 3. The van der Waals surface area contributed by atoms with Gasteiger partial charge >= 0.3 is 6.09 Å². The van der Waals surface area contributed by atoms with Crippen LogP contribution < -0.4 is 0 Å². The predicted molar refractivity (Wildman–Crippen MR) is 91.0 cm³/mol. The van der Waals surface area contributed by atoms with Crippen LogP contribution in [0.1, 0.15) is 26.3 Å². The second-order valence-electron chi connectivity index (χ2n) is 7.06. The Balaban J connectivity index is 1.73. The third-order valence-electron chi connectivity index (χ3n) is 3.87. The smallest absolute Gasteiger partial charge is 0.410 e. The number of hydrogen-bond acceptors (Lipinski definition) is 6. The number of hydrogen-bond donors (Lipinski definition) is 0. The van der Waals surface area contributed by atoms with E-state index in [4.69, 9.17) is 14.0 Å². The molecular formula is C18H23N3O4. The SMILES string of the molecule is CC(C)(C)OC(=O)N1CCOCC1Cc1cccc(-c2ncon2)c1. The molecule has 1 atom stereocenters. The van der Waals surface area contributed by atoms with E-state index in [9.17, 15) is 4.79 Å². The lowest BCUT2D eigenvalue weighted by Gasteiger charge is -2.36. The number of rotatable bonds is 3. The van der Waals surface area contributed by atoms with E-state index in [1.807, 2.05) is 45.0 Å². The summed E-state index contributed by atoms with van der Waals surface area (Å²) >= 11 is 0. The van der Waals surface area contributed by atoms with Gasteiger partial charge in [0.15, 0.2) is 0 Å². The topological polar surface area (TPSA) is 77.7 Å². The van der Waals surface area contributed by atoms with Crippen LogP contribution >= 0.6 is 0 Å². The van der Waals surface area contributed by atoms with Gasteiger partial charge in [-0.3, -0.25) is 0 Å². The van der Waals surface area contributed by atoms with Crippen molar-refractivity contribution in [2.24, 2.45) is 0 Å². The Labute approximate surface area is 146 Å². The largest absolute Gasteiger partial charge is 0.444 e. The average molecular weight is 345 g/mol. The number of ether oxygens (including phenoxy) is 2. The van der Waals surface area contributed by atoms with Crippen LogP contribution in [-0.2, 0) is 15.9 Å². The minimum absolute atomic E-state index is 0.0656. The zero-order chi connectivity index (χ0) is 17.9. The van der Waals surface area contributed by atoms with Gasteiger partial charge in [0.2, 0.25) is 12.2 Å². The Hall–Kier alpha value is -2.41. The number of carbonyl (C=O) groups is 1. The van der Waals surface area contributed by atoms with Crippen molar-refractivity contribution in [1.29, 1.82) is 0 Å². The van der Waals surface area contributed by atoms with Gasteiger partial charge in [0.25, 0.3) is 0 Å². The second kappa shape index (κ2) is 7.23. The van der Waals surface area contributed by atoms with Crippen molar-refractivity contribution in [2.75, 3.05) is 19.8 Å². The maximum atomic E-state index is 12.5. The van der Waals surface area contributed by atoms with Crippen LogP contribution in [0, 0.1) is 0 Å². The van der Waals surface area contributed by atoms with Gasteiger partial charge in [-0.2, -0.15) is 4.98 Å². The third-order valence-corrected chi connectivity index (χ3v) is 3.87. The van der Waals surface area contributed by atoms with E-state index in [1.54, 1.807) is 4.90 Å². The highest BCUT2D eigenvalue weighted by atomic mass is 16.6. The Kier molecular flexibility index (Phi) is 5.03. The Morgan fingerprint density at radius 1 is 1.40 bits per heavy atom. The highest BCUT2D eigenvalue weighted by molar-refractivity contribution is 5.68. The van der Waals surface area contributed by atoms with E-state index in [0.717, 1.165) is 11.1 Å². The molecule has 2 heterocycles. The molecule has 2 aromatic rings. The molecule has 0 N–H and O–H groups in total. The molecule has 0 saturated carbocycles. The third kappa shape index (κ3) is 4.57. The Morgan fingerprint density at radius 2 is 2.24 bits per heavy atom. The van der Waals surface area contributed by atoms with E-state index < -0.39 is 5.60 Å². The molecule has 1 aliphatic heterocycles. The quantitative estimate of drug-likeness (QED) is 0.851. The monoisotopic (exact) mass is 345 g/mol. The molecule has 1 aromatic carbocycles. The molecule has 25 heavy (non-hydrogen) atoms. The molecule has 0 aliphatic carbocycles. The van der Waals surface area contributed by atoms with Crippen LogP contribution in [0.2, 0.25) is 0 Å². The van der Waals surface area contributed by atoms with E-state index >= 15 is 0 Å². The molecular weight excluding hydrogens is 322 g/mol. The van der Waals surface area contributed by atoms with Crippen molar-refractivity contribution in [3.8, 4) is 11.4 Å². The fourth-order valence-electron chi connectivity index (χ4n) is 2.79. The van der Waals surface area contributed by atoms with Gasteiger partial charge in [-0.1, -0.05) is 23.4 Å². The number of benzene rings is 1. The maximum absolute atomic E-state index is 12.5. The summed E-state index contributed by atoms with van der Waals surface area (Å²) in [6, 6.07) is 7.84. The van der Waals surface area contributed by atoms with Crippen molar-refractivity contribution in [1.82, 2.24) is 15.0 Å². The molecule has 0 radical (unpaired) electrons. The van der Waals surface area contributed by atoms with Crippen LogP contribution in [0.4, 0.5) is 4.79 Å². The number of amides is 1. The highest BCUT2D eigenvalue weighted by Gasteiger charge is 2.31. The standard InChI is InChI=1S/C18H23N3O4/c1-18(2,3)25-17(22)21-7-8-23-11-15(21)10-13-5-4-6-14(9-13)16-19-12-24-20-16/h4-6,9,12,15H,7-8,10-11H2,1-3H3. The van der Waals surface area contributed by atoms with Crippen molar-refractivity contribution in [2.45, 2.75) is 38.8 Å². The minimum atomic E-state index is -0.515. The zero-order valence-electron chi connectivity index (χ0n) is 14.8. The van der Waals surface area contributed by atoms with Gasteiger partial charge in [0.05, 0.1) is 19.3 Å². The molecule has 1 amide bonds. The Bertz CT molecular complexity index is 709. The van der Waals surface area contributed by atoms with Crippen molar-refractivity contribution >= 4 is 6.09 Å². The lowest BCUT2D eigenvalue weighted by atomic mass is 10.0. The molecule has 0 spiro atoms. The zero-order valence-corrected chi connectivity index (χ0v) is 14.8. The first-order valence-electron chi connectivity index (χ1n) is 8.35. The van der Waals surface area contributed by atoms with Crippen LogP contribution in [-0.4, -0.2) is 52.5 Å². The summed E-state index contributed by atoms with van der Waals surface area (Å²) in [5, 5.41) is 3.86. The van der Waals surface area contributed by atoms with Crippen LogP contribution in [0.3, 0.4) is 0 Å². The molecule has 3 rings (SSSR count). The molecule has 7 heteroatoms. The van der Waals surface area contributed by atoms with Crippen LogP contribution in [0.15, 0.2) is 35.2 Å². The lowest BCUT2D eigenvalue weighted by Crippen LogP contribution is -2.51. The van der Waals surface area contributed by atoms with Crippen LogP contribution in [0.5, 0.6) is 0 Å². The lowest BCUT2D eigenvalue weighted by molar-refractivity contribution is -0.0319. The number of aromatic nitrogens is 2. The molecule has 7 nitrogen and oxygen atoms in total. The van der Waals surface area contributed by atoms with E-state index in [1.165, 1.54) is 6.39 Å². The summed E-state index contributed by atoms with van der Waals surface area (Å²) in [7, 11) is 0. The summed E-state index contributed by atoms with van der Waals surface area (Å²) in [4.78, 5) is 18.3. The van der Waals surface area contributed by atoms with Gasteiger partial charge in [-0.25, -0.2) is 4.79 Å². The van der Waals surface area contributed by atoms with E-state index in [2.05, 4.69) is 10.1 Å². The summed E-state index contributed by atoms with van der Waals surface area (Å²) in [6.45, 7) is 7.16. The normalized spacial score (nSPS) is 18.2. The molecule has 134 valence electrons. The molecule has 1 saturated heterocycles. The summed E-state index contributed by atoms with van der Waals surface area (Å²) in [5.41, 5.74) is 1.44. The molecule has 0 bridgehead atoms. The van der Waals surface area contributed by atoms with Gasteiger partial charge in [-0.15, -0.1) is 0 Å². The van der Waals surface area contributed by atoms with E-state index in [0.29, 0.717) is 32.0 Å². The number of morpholine rings is 1. The van der Waals surface area contributed by atoms with Crippen molar-refractivity contribution < 1.29 is 18.8 Å². The first-order chi connectivity index (χ1) is 11.9. The van der Waals surface area contributed by atoms with Crippen LogP contribution in [0.25, 0.3) is 11.4 Å². The van der Waals surface area contributed by atoms with E-state index in [-0.39, 0.29) is 12.1 Å². The molecule has 1 fully saturated rings. The van der Waals surface area contributed by atoms with Gasteiger partial charge in [-0.05, 0) is 38.8 Å². The highest BCUT2D eigenvalue weighted by Crippen LogP contribution is 2.21. The molecule has 1 unspecified atom stereocenters. The first-order valence-corrected chi connectivity index (χ1v) is 8.35. The fraction of sp³-hybridized carbons (Fsp3) is 0.500. The second-order valence-corrected chi connectivity index (χ2v) is 7.06. The van der Waals surface area contributed by atoms with Gasteiger partial charge in [0.1, 0.15) is 5.60 Å². The first kappa shape index (κ1) is 17.4. The average Bonchev–Trinajstić information content (AvgIpc) is 3.08. The van der Waals surface area contributed by atoms with Gasteiger partial charge in [0, 0.05) is 12.1 Å². The minimum Gasteiger partial charge on any atom is -0.444 e. The maximum Gasteiger partial charge on any atom is 0.410 e. The van der Waals surface area contributed by atoms with Crippen molar-refractivity contribution in [3.05, 3.63) is 36.2 Å². The molecule has 1 aliphatic rings.